The highest BCUT2D eigenvalue weighted by Crippen LogP contribution is 2.23. The number of para-hydroxylation sites is 2. The number of H-pyrrole nitrogens is 1. The van der Waals surface area contributed by atoms with Crippen LogP contribution in [0.4, 0.5) is 0 Å². The van der Waals surface area contributed by atoms with E-state index in [0.717, 1.165) is 46.5 Å². The van der Waals surface area contributed by atoms with Gasteiger partial charge in [-0.1, -0.05) is 36.4 Å². The van der Waals surface area contributed by atoms with E-state index in [1.165, 1.54) is 0 Å². The molecule has 7 rings (SSSR count). The first-order valence-corrected chi connectivity index (χ1v) is 13.4. The lowest BCUT2D eigenvalue weighted by Gasteiger charge is -2.31. The summed E-state index contributed by atoms with van der Waals surface area (Å²) in [7, 11) is 0. The Hall–Kier alpha value is -5.02. The highest BCUT2D eigenvalue weighted by molar-refractivity contribution is 5.95. The summed E-state index contributed by atoms with van der Waals surface area (Å²) in [5, 5.41) is 5.09. The lowest BCUT2D eigenvalue weighted by atomic mass is 10.0. The molecule has 1 aliphatic rings. The van der Waals surface area contributed by atoms with Gasteiger partial charge in [0.1, 0.15) is 11.3 Å². The molecule has 1 fully saturated rings. The molecular weight excluding hydrogens is 502 g/mol. The Labute approximate surface area is 230 Å². The summed E-state index contributed by atoms with van der Waals surface area (Å²) in [5.41, 5.74) is 5.84. The first kappa shape index (κ1) is 24.1. The molecule has 0 bridgehead atoms. The largest absolute Gasteiger partial charge is 0.386 e. The SMILES string of the molecule is O=C(NC1CCN(Oc2cccc(-c3nc4ccccc4[nH]3)n2)CC1)c1cccc(-c2cn3ccccc3n2)c1. The molecule has 0 spiro atoms. The number of carbonyl (C=O) groups excluding carboxylic acids is 1. The van der Waals surface area contributed by atoms with Crippen molar-refractivity contribution in [1.29, 1.82) is 0 Å². The van der Waals surface area contributed by atoms with E-state index in [-0.39, 0.29) is 11.9 Å². The number of nitrogens with one attached hydrogen (secondary N) is 2. The van der Waals surface area contributed by atoms with Crippen LogP contribution in [-0.4, -0.2) is 54.4 Å². The van der Waals surface area contributed by atoms with Crippen molar-refractivity contribution in [1.82, 2.24) is 34.7 Å². The number of pyridine rings is 2. The zero-order chi connectivity index (χ0) is 26.9. The van der Waals surface area contributed by atoms with Crippen LogP contribution in [0.3, 0.4) is 0 Å². The van der Waals surface area contributed by atoms with Gasteiger partial charge >= 0.3 is 0 Å². The van der Waals surface area contributed by atoms with Crippen LogP contribution in [0.1, 0.15) is 23.2 Å². The number of amides is 1. The minimum Gasteiger partial charge on any atom is -0.386 e. The molecule has 1 saturated heterocycles. The molecule has 1 amide bonds. The quantitative estimate of drug-likeness (QED) is 0.310. The number of rotatable bonds is 6. The van der Waals surface area contributed by atoms with Crippen LogP contribution >= 0.6 is 0 Å². The highest BCUT2D eigenvalue weighted by atomic mass is 16.7. The van der Waals surface area contributed by atoms with E-state index in [9.17, 15) is 4.79 Å². The van der Waals surface area contributed by atoms with Gasteiger partial charge in [-0.2, -0.15) is 0 Å². The summed E-state index contributed by atoms with van der Waals surface area (Å²) in [6.45, 7) is 1.37. The summed E-state index contributed by atoms with van der Waals surface area (Å²) in [4.78, 5) is 36.4. The van der Waals surface area contributed by atoms with Crippen LogP contribution in [-0.2, 0) is 0 Å². The van der Waals surface area contributed by atoms with E-state index in [4.69, 9.17) is 4.84 Å². The smallest absolute Gasteiger partial charge is 0.251 e. The first-order chi connectivity index (χ1) is 19.7. The van der Waals surface area contributed by atoms with Gasteiger partial charge in [0.25, 0.3) is 5.91 Å². The fourth-order valence-corrected chi connectivity index (χ4v) is 5.06. The second-order valence-electron chi connectivity index (χ2n) is 9.90. The van der Waals surface area contributed by atoms with Crippen LogP contribution in [0.15, 0.2) is 97.3 Å². The van der Waals surface area contributed by atoms with Crippen molar-refractivity contribution < 1.29 is 9.63 Å². The topological polar surface area (TPSA) is 100 Å². The fraction of sp³-hybridized carbons (Fsp3) is 0.161. The van der Waals surface area contributed by atoms with Crippen molar-refractivity contribution >= 4 is 22.6 Å². The van der Waals surface area contributed by atoms with Crippen LogP contribution in [0, 0.1) is 0 Å². The lowest BCUT2D eigenvalue weighted by molar-refractivity contribution is -0.0802. The molecule has 0 aliphatic carbocycles. The molecular formula is C31H27N7O2. The number of aromatic nitrogens is 5. The number of benzene rings is 2. The normalized spacial score (nSPS) is 14.5. The number of hydrogen-bond acceptors (Lipinski definition) is 6. The fourth-order valence-electron chi connectivity index (χ4n) is 5.06. The molecule has 6 aromatic rings. The van der Waals surface area contributed by atoms with Gasteiger partial charge in [0.2, 0.25) is 5.88 Å². The van der Waals surface area contributed by atoms with Crippen molar-refractivity contribution in [3.05, 3.63) is 103 Å². The van der Waals surface area contributed by atoms with Crippen molar-refractivity contribution in [3.8, 4) is 28.7 Å². The van der Waals surface area contributed by atoms with Gasteiger partial charge in [-0.3, -0.25) is 4.79 Å². The Morgan fingerprint density at radius 1 is 0.875 bits per heavy atom. The van der Waals surface area contributed by atoms with Crippen LogP contribution in [0.5, 0.6) is 5.88 Å². The van der Waals surface area contributed by atoms with Gasteiger partial charge in [-0.05, 0) is 55.3 Å². The van der Waals surface area contributed by atoms with E-state index in [2.05, 4.69) is 25.3 Å². The summed E-state index contributed by atoms with van der Waals surface area (Å²) < 4.78 is 1.97. The second kappa shape index (κ2) is 10.3. The standard InChI is InChI=1S/C31H27N7O2/c39-31(22-8-5-7-21(19-22)27-20-37-16-4-3-12-28(37)33-27)32-23-14-17-38(18-15-23)40-29-13-6-11-26(34-29)30-35-24-9-1-2-10-25(24)36-30/h1-13,16,19-20,23H,14-15,17-18H2,(H,32,39)(H,35,36). The first-order valence-electron chi connectivity index (χ1n) is 13.4. The third kappa shape index (κ3) is 4.90. The number of carbonyl (C=O) groups is 1. The summed E-state index contributed by atoms with van der Waals surface area (Å²) in [6, 6.07) is 27.2. The van der Waals surface area contributed by atoms with E-state index in [1.54, 1.807) is 0 Å². The van der Waals surface area contributed by atoms with Gasteiger partial charge in [0, 0.05) is 48.7 Å². The maximum atomic E-state index is 13.1. The zero-order valence-electron chi connectivity index (χ0n) is 21.7. The Kier molecular flexibility index (Phi) is 6.18. The lowest BCUT2D eigenvalue weighted by Crippen LogP contribution is -2.45. The van der Waals surface area contributed by atoms with Crippen molar-refractivity contribution in [2.45, 2.75) is 18.9 Å². The molecule has 40 heavy (non-hydrogen) atoms. The summed E-state index contributed by atoms with van der Waals surface area (Å²) in [5.74, 6) is 1.15. The minimum absolute atomic E-state index is 0.0704. The second-order valence-corrected chi connectivity index (χ2v) is 9.90. The Morgan fingerprint density at radius 3 is 2.60 bits per heavy atom. The molecule has 0 radical (unpaired) electrons. The molecule has 1 aliphatic heterocycles. The molecule has 2 aromatic carbocycles. The monoisotopic (exact) mass is 529 g/mol. The summed E-state index contributed by atoms with van der Waals surface area (Å²) >= 11 is 0. The van der Waals surface area contributed by atoms with Gasteiger partial charge in [0.05, 0.1) is 16.7 Å². The number of aromatic amines is 1. The molecule has 9 heteroatoms. The average Bonchev–Trinajstić information content (AvgIpc) is 3.63. The van der Waals surface area contributed by atoms with Gasteiger partial charge in [-0.15, -0.1) is 5.06 Å². The predicted octanol–water partition coefficient (Wildman–Crippen LogP) is 5.13. The molecule has 0 saturated carbocycles. The zero-order valence-corrected chi connectivity index (χ0v) is 21.7. The summed E-state index contributed by atoms with van der Waals surface area (Å²) in [6.07, 6.45) is 5.50. The molecule has 4 aromatic heterocycles. The van der Waals surface area contributed by atoms with Crippen molar-refractivity contribution in [2.24, 2.45) is 0 Å². The number of imidazole rings is 2. The highest BCUT2D eigenvalue weighted by Gasteiger charge is 2.23. The third-order valence-electron chi connectivity index (χ3n) is 7.15. The van der Waals surface area contributed by atoms with Gasteiger partial charge < -0.3 is 19.5 Å². The Balaban J connectivity index is 0.962. The van der Waals surface area contributed by atoms with Crippen molar-refractivity contribution in [3.63, 3.8) is 0 Å². The molecule has 198 valence electrons. The number of hydroxylamine groups is 2. The molecule has 2 N–H and O–H groups in total. The third-order valence-corrected chi connectivity index (χ3v) is 7.15. The van der Waals surface area contributed by atoms with Crippen molar-refractivity contribution in [2.75, 3.05) is 13.1 Å². The van der Waals surface area contributed by atoms with Gasteiger partial charge in [0.15, 0.2) is 5.82 Å². The van der Waals surface area contributed by atoms with E-state index < -0.39 is 0 Å². The molecule has 0 atom stereocenters. The molecule has 5 heterocycles. The minimum atomic E-state index is -0.0785. The Bertz CT molecular complexity index is 1750. The Morgan fingerprint density at radius 2 is 1.73 bits per heavy atom. The van der Waals surface area contributed by atoms with Gasteiger partial charge in [-0.25, -0.2) is 15.0 Å². The maximum absolute atomic E-state index is 13.1. The number of piperidine rings is 1. The number of hydrogen-bond donors (Lipinski definition) is 2. The van der Waals surface area contributed by atoms with Crippen LogP contribution in [0.2, 0.25) is 0 Å². The average molecular weight is 530 g/mol. The van der Waals surface area contributed by atoms with E-state index >= 15 is 0 Å². The number of nitrogens with zero attached hydrogens (tertiary/aromatic N) is 5. The number of fused-ring (bicyclic) bond motifs is 2. The van der Waals surface area contributed by atoms with Crippen LogP contribution in [0.25, 0.3) is 39.5 Å². The maximum Gasteiger partial charge on any atom is 0.251 e. The molecule has 9 nitrogen and oxygen atoms in total. The van der Waals surface area contributed by atoms with Crippen LogP contribution < -0.4 is 10.2 Å². The predicted molar refractivity (Wildman–Crippen MR) is 153 cm³/mol. The van der Waals surface area contributed by atoms with E-state index in [1.807, 2.05) is 107 Å². The van der Waals surface area contributed by atoms with E-state index in [0.29, 0.717) is 30.4 Å². The molecule has 0 unspecified atom stereocenters.